The van der Waals surface area contributed by atoms with Gasteiger partial charge in [-0.3, -0.25) is 29.2 Å². The molecule has 0 aromatic carbocycles. The number of carbonyl (C=O) groups is 2. The maximum atomic E-state index is 11.6. The molecule has 0 atom stereocenters. The van der Waals surface area contributed by atoms with E-state index in [1.54, 1.807) is 0 Å². The summed E-state index contributed by atoms with van der Waals surface area (Å²) in [5, 5.41) is 8.69. The molecule has 0 fully saturated rings. The Balaban J connectivity index is 0.000000523. The lowest BCUT2D eigenvalue weighted by Crippen LogP contribution is -2.18. The Hall–Kier alpha value is -4.55. The molecule has 68 heavy (non-hydrogen) atoms. The summed E-state index contributed by atoms with van der Waals surface area (Å²) >= 11 is 0. The van der Waals surface area contributed by atoms with Crippen molar-refractivity contribution in [3.05, 3.63) is 112 Å². The number of aromatic nitrogens is 4. The van der Waals surface area contributed by atoms with E-state index in [1.807, 2.05) is 13.8 Å². The zero-order valence-electron chi connectivity index (χ0n) is 40.6. The van der Waals surface area contributed by atoms with Crippen molar-refractivity contribution in [3.8, 4) is 0 Å². The second-order valence-corrected chi connectivity index (χ2v) is 17.3. The number of hydrogen-bond donors (Lipinski definition) is 2. The Labute approximate surface area is 424 Å². The van der Waals surface area contributed by atoms with E-state index >= 15 is 0 Å². The molecule has 4 N–H and O–H groups in total. The van der Waals surface area contributed by atoms with Crippen molar-refractivity contribution in [1.82, 2.24) is 19.9 Å². The molecular formula is C53H81IN8O6. The number of rotatable bonds is 6. The summed E-state index contributed by atoms with van der Waals surface area (Å²) in [5.74, 6) is 9.31. The van der Waals surface area contributed by atoms with E-state index in [9.17, 15) is 9.59 Å². The Morgan fingerprint density at radius 1 is 0.397 bits per heavy atom. The summed E-state index contributed by atoms with van der Waals surface area (Å²) < 4.78 is 0. The number of aryl methyl sites for hydroxylation is 4. The quantitative estimate of drug-likeness (QED) is 0.0803. The van der Waals surface area contributed by atoms with Crippen LogP contribution in [0.4, 0.5) is 0 Å². The standard InChI is InChI=1S/C25H32N4O2.2C12H15NO.CH6N2O2.3CH4.HI/c1-14-16(3)20-9-7-11-22(24(20)26-18(14)5)28-30-13-31-29-23-12-8-10-21-17(4)15(2)19(6)27-25(21)23;2*1-7-8(2)10-5-4-6-11(14)12(10)13-9(7)3;2-4-1-5-3;;;;/h7-13H2,1-6H3;2*4-6H2,1-3H3;1-3H2;3*1H4;1H/b28-22+,29-23+;;;;;;;. The molecular weight excluding hydrogens is 972 g/mol. The summed E-state index contributed by atoms with van der Waals surface area (Å²) in [6, 6.07) is 0. The van der Waals surface area contributed by atoms with E-state index in [4.69, 9.17) is 19.6 Å². The number of nitrogens with zero attached hydrogens (tertiary/aromatic N) is 6. The zero-order valence-corrected chi connectivity index (χ0v) is 42.9. The Morgan fingerprint density at radius 3 is 0.941 bits per heavy atom. The van der Waals surface area contributed by atoms with Gasteiger partial charge in [-0.1, -0.05) is 32.6 Å². The largest absolute Gasteiger partial charge is 0.351 e. The van der Waals surface area contributed by atoms with Crippen LogP contribution in [0.3, 0.4) is 0 Å². The number of oxime groups is 2. The fourth-order valence-electron chi connectivity index (χ4n) is 8.78. The Bertz CT molecular complexity index is 2300. The van der Waals surface area contributed by atoms with E-state index in [-0.39, 0.29) is 71.4 Å². The summed E-state index contributed by atoms with van der Waals surface area (Å²) in [5.41, 5.74) is 24.4. The Kier molecular flexibility index (Phi) is 25.5. The highest BCUT2D eigenvalue weighted by atomic mass is 127. The van der Waals surface area contributed by atoms with E-state index in [0.29, 0.717) is 12.8 Å². The number of nitrogens with two attached hydrogens (primary N) is 2. The van der Waals surface area contributed by atoms with Gasteiger partial charge in [0, 0.05) is 35.6 Å². The summed E-state index contributed by atoms with van der Waals surface area (Å²) in [4.78, 5) is 60.3. The van der Waals surface area contributed by atoms with E-state index < -0.39 is 0 Å². The number of fused-ring (bicyclic) bond motifs is 4. The molecule has 0 amide bonds. The summed E-state index contributed by atoms with van der Waals surface area (Å²) in [7, 11) is 0. The van der Waals surface area contributed by atoms with E-state index in [0.717, 1.165) is 121 Å². The maximum Gasteiger partial charge on any atom is 0.280 e. The molecule has 4 aromatic rings. The number of halogens is 1. The molecule has 0 aliphatic heterocycles. The minimum Gasteiger partial charge on any atom is -0.351 e. The predicted molar refractivity (Wildman–Crippen MR) is 285 cm³/mol. The fraction of sp³-hybridized carbons (Fsp3) is 0.547. The SMILES string of the molecule is C.C.C.Cc1nc2c(c(C)c1C)CCC/C2=N\OCO/N=C1\CCCc2c1nc(C)c(C)c2C.Cc1nc2c(c(C)c1C)CCCC2=O.Cc1nc2c(c(C)c1C)CCCC2=O.I.NOCON. The van der Waals surface area contributed by atoms with Crippen LogP contribution in [0.5, 0.6) is 0 Å². The molecule has 15 heteroatoms. The molecule has 4 aromatic heterocycles. The molecule has 0 saturated heterocycles. The third kappa shape index (κ3) is 14.3. The average molecular weight is 1050 g/mol. The van der Waals surface area contributed by atoms with Crippen molar-refractivity contribution in [2.75, 3.05) is 13.6 Å². The first-order chi connectivity index (χ1) is 30.5. The molecule has 0 spiro atoms. The molecule has 376 valence electrons. The number of hydrogen-bond acceptors (Lipinski definition) is 14. The molecule has 8 rings (SSSR count). The summed E-state index contributed by atoms with van der Waals surface area (Å²) in [6.07, 6.45) is 11.3. The monoisotopic (exact) mass is 1050 g/mol. The van der Waals surface area contributed by atoms with Gasteiger partial charge in [-0.05, 0) is 214 Å². The zero-order chi connectivity index (χ0) is 46.8. The van der Waals surface area contributed by atoms with Gasteiger partial charge in [0.25, 0.3) is 6.79 Å². The summed E-state index contributed by atoms with van der Waals surface area (Å²) in [6.45, 7) is 25.0. The minimum atomic E-state index is -0.0556. The van der Waals surface area contributed by atoms with Gasteiger partial charge in [-0.15, -0.1) is 24.0 Å². The van der Waals surface area contributed by atoms with Gasteiger partial charge in [0.2, 0.25) is 0 Å². The van der Waals surface area contributed by atoms with Crippen LogP contribution >= 0.6 is 24.0 Å². The highest BCUT2D eigenvalue weighted by molar-refractivity contribution is 14.0. The number of Topliss-reactive ketones (excluding diaryl/α,β-unsaturated/α-hetero) is 2. The normalized spacial score (nSPS) is 15.3. The molecule has 0 unspecified atom stereocenters. The maximum absolute atomic E-state index is 11.6. The van der Waals surface area contributed by atoms with Gasteiger partial charge < -0.3 is 9.68 Å². The van der Waals surface area contributed by atoms with Crippen LogP contribution in [0.25, 0.3) is 0 Å². The van der Waals surface area contributed by atoms with Crippen LogP contribution < -0.4 is 11.8 Å². The minimum absolute atomic E-state index is 0. The van der Waals surface area contributed by atoms with Crippen LogP contribution in [0, 0.1) is 83.1 Å². The van der Waals surface area contributed by atoms with Crippen molar-refractivity contribution in [3.63, 3.8) is 0 Å². The first-order valence-electron chi connectivity index (χ1n) is 22.5. The lowest BCUT2D eigenvalue weighted by molar-refractivity contribution is -0.0570. The molecule has 0 radical (unpaired) electrons. The van der Waals surface area contributed by atoms with Crippen molar-refractivity contribution in [1.29, 1.82) is 0 Å². The highest BCUT2D eigenvalue weighted by Crippen LogP contribution is 2.30. The van der Waals surface area contributed by atoms with Crippen molar-refractivity contribution >= 4 is 47.0 Å². The van der Waals surface area contributed by atoms with E-state index in [1.165, 1.54) is 66.8 Å². The van der Waals surface area contributed by atoms with Gasteiger partial charge in [-0.25, -0.2) is 21.8 Å². The van der Waals surface area contributed by atoms with Crippen LogP contribution in [0.1, 0.15) is 196 Å². The van der Waals surface area contributed by atoms with Crippen molar-refractivity contribution in [2.45, 2.75) is 182 Å². The number of pyridine rings is 4. The first-order valence-corrected chi connectivity index (χ1v) is 22.5. The smallest absolute Gasteiger partial charge is 0.280 e. The van der Waals surface area contributed by atoms with Crippen LogP contribution in [0.2, 0.25) is 0 Å². The molecule has 14 nitrogen and oxygen atoms in total. The lowest BCUT2D eigenvalue weighted by atomic mass is 9.89. The average Bonchev–Trinajstić information content (AvgIpc) is 3.28. The van der Waals surface area contributed by atoms with Gasteiger partial charge in [0.05, 0.1) is 11.4 Å². The number of carbonyl (C=O) groups excluding carboxylic acids is 2. The molecule has 4 aliphatic rings. The van der Waals surface area contributed by atoms with E-state index in [2.05, 4.69) is 111 Å². The van der Waals surface area contributed by atoms with Crippen molar-refractivity contribution in [2.24, 2.45) is 22.1 Å². The molecule has 0 saturated carbocycles. The number of ketones is 2. The van der Waals surface area contributed by atoms with Gasteiger partial charge >= 0.3 is 0 Å². The molecule has 0 bridgehead atoms. The fourth-order valence-corrected chi connectivity index (χ4v) is 8.78. The van der Waals surface area contributed by atoms with Gasteiger partial charge in [0.1, 0.15) is 22.8 Å². The highest BCUT2D eigenvalue weighted by Gasteiger charge is 2.25. The molecule has 4 aliphatic carbocycles. The van der Waals surface area contributed by atoms with Gasteiger partial charge in [0.15, 0.2) is 18.4 Å². The topological polar surface area (TPSA) is 199 Å². The second-order valence-electron chi connectivity index (χ2n) is 17.3. The third-order valence-electron chi connectivity index (χ3n) is 13.5. The second kappa shape index (κ2) is 28.2. The molecule has 4 heterocycles. The van der Waals surface area contributed by atoms with Crippen LogP contribution in [-0.4, -0.2) is 56.5 Å². The Morgan fingerprint density at radius 2 is 0.662 bits per heavy atom. The van der Waals surface area contributed by atoms with Crippen molar-refractivity contribution < 1.29 is 28.9 Å². The predicted octanol–water partition coefficient (Wildman–Crippen LogP) is 11.4. The van der Waals surface area contributed by atoms with Crippen LogP contribution in [0.15, 0.2) is 10.3 Å². The van der Waals surface area contributed by atoms with Crippen LogP contribution in [-0.2, 0) is 45.0 Å². The first kappa shape index (κ1) is 61.5. The third-order valence-corrected chi connectivity index (χ3v) is 13.5. The van der Waals surface area contributed by atoms with Gasteiger partial charge in [-0.2, -0.15) is 0 Å². The lowest BCUT2D eigenvalue weighted by Gasteiger charge is -2.21.